The number of carbonyl (C=O) groups is 1. The van der Waals surface area contributed by atoms with Crippen molar-refractivity contribution in [2.45, 2.75) is 33.4 Å². The zero-order valence-electron chi connectivity index (χ0n) is 22.8. The van der Waals surface area contributed by atoms with Crippen LogP contribution in [-0.2, 0) is 19.5 Å². The molecule has 2 aliphatic rings. The largest absolute Gasteiger partial charge is 0.350 e. The fourth-order valence-corrected chi connectivity index (χ4v) is 5.84. The number of benzene rings is 2. The van der Waals surface area contributed by atoms with Gasteiger partial charge in [-0.3, -0.25) is 4.79 Å². The van der Waals surface area contributed by atoms with Crippen LogP contribution in [0.2, 0.25) is 0 Å². The number of rotatable bonds is 4. The van der Waals surface area contributed by atoms with E-state index < -0.39 is 0 Å². The number of likely N-dealkylation sites (N-methyl/N-ethyl adjacent to an activating group) is 1. The van der Waals surface area contributed by atoms with E-state index >= 15 is 0 Å². The van der Waals surface area contributed by atoms with E-state index in [0.29, 0.717) is 25.3 Å². The number of aromatic nitrogens is 2. The molecule has 6 rings (SSSR count). The predicted molar refractivity (Wildman–Crippen MR) is 157 cm³/mol. The lowest BCUT2D eigenvalue weighted by Crippen LogP contribution is -2.47. The predicted octanol–water partition coefficient (Wildman–Crippen LogP) is 5.21. The molecule has 0 aliphatic carbocycles. The Labute approximate surface area is 235 Å². The second-order valence-corrected chi connectivity index (χ2v) is 10.7. The van der Waals surface area contributed by atoms with Gasteiger partial charge in [0, 0.05) is 56.9 Å². The molecule has 2 aromatic carbocycles. The fourth-order valence-electron chi connectivity index (χ4n) is 5.84. The summed E-state index contributed by atoms with van der Waals surface area (Å²) in [5.41, 5.74) is 7.31. The van der Waals surface area contributed by atoms with Crippen LogP contribution in [0.15, 0.2) is 54.6 Å². The molecule has 39 heavy (non-hydrogen) atoms. The van der Waals surface area contributed by atoms with E-state index in [0.717, 1.165) is 66.1 Å². The number of anilines is 1. The third kappa shape index (κ3) is 5.13. The van der Waals surface area contributed by atoms with Crippen LogP contribution in [0.5, 0.6) is 0 Å². The molecule has 1 saturated heterocycles. The summed E-state index contributed by atoms with van der Waals surface area (Å²) < 4.78 is 16.3. The summed E-state index contributed by atoms with van der Waals surface area (Å²) in [7, 11) is 2.09. The molecule has 1 amide bonds. The van der Waals surface area contributed by atoms with E-state index in [1.807, 2.05) is 17.0 Å². The summed E-state index contributed by atoms with van der Waals surface area (Å²) >= 11 is 0. The molecule has 0 atom stereocenters. The van der Waals surface area contributed by atoms with Crippen LogP contribution in [0.4, 0.5) is 10.2 Å². The summed E-state index contributed by atoms with van der Waals surface area (Å²) in [6.45, 7) is 9.48. The lowest BCUT2D eigenvalue weighted by atomic mass is 10.00. The summed E-state index contributed by atoms with van der Waals surface area (Å²) in [5, 5.41) is 1.04. The number of aryl methyl sites for hydroxylation is 1. The number of carbonyl (C=O) groups excluding carboxylic acids is 1. The molecular formula is C31H35ClFN5O. The van der Waals surface area contributed by atoms with Gasteiger partial charge in [-0.05, 0) is 67.8 Å². The molecule has 2 aliphatic heterocycles. The lowest BCUT2D eigenvalue weighted by molar-refractivity contribution is 0.0658. The van der Waals surface area contributed by atoms with Crippen molar-refractivity contribution in [3.8, 4) is 0 Å². The van der Waals surface area contributed by atoms with Crippen molar-refractivity contribution in [1.82, 2.24) is 19.4 Å². The van der Waals surface area contributed by atoms with Crippen LogP contribution in [0, 0.1) is 19.7 Å². The Kier molecular flexibility index (Phi) is 7.65. The SMILES string of the molecule is Cc1c(C)n(Cc2cccc(F)c2)c2c(N3CCc4ccccc4C3)nc(C(=O)N3CCN(C)CC3)cc12.Cl. The molecule has 0 saturated carbocycles. The zero-order chi connectivity index (χ0) is 26.4. The Morgan fingerprint density at radius 1 is 0.949 bits per heavy atom. The van der Waals surface area contributed by atoms with E-state index in [4.69, 9.17) is 4.98 Å². The average molecular weight is 548 g/mol. The molecule has 204 valence electrons. The van der Waals surface area contributed by atoms with Crippen LogP contribution in [-0.4, -0.2) is 65.0 Å². The monoisotopic (exact) mass is 547 g/mol. The minimum atomic E-state index is -0.237. The fraction of sp³-hybridized carbons (Fsp3) is 0.355. The lowest BCUT2D eigenvalue weighted by Gasteiger charge is -2.33. The Morgan fingerprint density at radius 3 is 2.44 bits per heavy atom. The van der Waals surface area contributed by atoms with Crippen molar-refractivity contribution < 1.29 is 9.18 Å². The van der Waals surface area contributed by atoms with Gasteiger partial charge in [-0.25, -0.2) is 9.37 Å². The minimum absolute atomic E-state index is 0. The average Bonchev–Trinajstić information content (AvgIpc) is 3.17. The Morgan fingerprint density at radius 2 is 1.69 bits per heavy atom. The quantitative estimate of drug-likeness (QED) is 0.352. The van der Waals surface area contributed by atoms with Gasteiger partial charge in [0.25, 0.3) is 5.91 Å². The van der Waals surface area contributed by atoms with Gasteiger partial charge in [-0.1, -0.05) is 36.4 Å². The van der Waals surface area contributed by atoms with E-state index in [9.17, 15) is 9.18 Å². The Bertz CT molecular complexity index is 1530. The molecule has 0 bridgehead atoms. The first-order valence-corrected chi connectivity index (χ1v) is 13.4. The molecule has 8 heteroatoms. The van der Waals surface area contributed by atoms with Crippen molar-refractivity contribution >= 4 is 35.0 Å². The third-order valence-corrected chi connectivity index (χ3v) is 8.27. The zero-order valence-corrected chi connectivity index (χ0v) is 23.6. The van der Waals surface area contributed by atoms with Gasteiger partial charge in [0.2, 0.25) is 0 Å². The van der Waals surface area contributed by atoms with Gasteiger partial charge < -0.3 is 19.3 Å². The normalized spacial score (nSPS) is 15.8. The summed E-state index contributed by atoms with van der Waals surface area (Å²) in [6.07, 6.45) is 0.929. The maximum Gasteiger partial charge on any atom is 0.272 e. The van der Waals surface area contributed by atoms with Crippen molar-refractivity contribution in [3.63, 3.8) is 0 Å². The number of pyridine rings is 1. The highest BCUT2D eigenvalue weighted by Crippen LogP contribution is 2.35. The number of fused-ring (bicyclic) bond motifs is 2. The van der Waals surface area contributed by atoms with Crippen molar-refractivity contribution in [2.75, 3.05) is 44.7 Å². The Hall–Kier alpha value is -3.42. The number of nitrogens with zero attached hydrogens (tertiary/aromatic N) is 5. The summed E-state index contributed by atoms with van der Waals surface area (Å²) in [6, 6.07) is 17.3. The first kappa shape index (κ1) is 27.2. The molecule has 0 radical (unpaired) electrons. The number of piperazine rings is 1. The van der Waals surface area contributed by atoms with Crippen LogP contribution in [0.1, 0.15) is 38.4 Å². The number of hydrogen-bond donors (Lipinski definition) is 0. The standard InChI is InChI=1S/C31H34FN5O.ClH/c1-21-22(2)37(19-23-7-6-10-26(32)17-23)29-27(21)18-28(31(38)35-15-13-34(3)14-16-35)33-30(29)36-12-11-24-8-4-5-9-25(24)20-36;/h4-10,17-18H,11-16,19-20H2,1-3H3;1H. The minimum Gasteiger partial charge on any atom is -0.350 e. The second-order valence-electron chi connectivity index (χ2n) is 10.7. The maximum absolute atomic E-state index is 14.1. The topological polar surface area (TPSA) is 44.6 Å². The van der Waals surface area contributed by atoms with Crippen LogP contribution < -0.4 is 4.90 Å². The van der Waals surface area contributed by atoms with Crippen molar-refractivity contribution in [1.29, 1.82) is 0 Å². The number of hydrogen-bond acceptors (Lipinski definition) is 4. The molecule has 0 spiro atoms. The van der Waals surface area contributed by atoms with E-state index in [-0.39, 0.29) is 24.1 Å². The number of halogens is 2. The highest BCUT2D eigenvalue weighted by atomic mass is 35.5. The van der Waals surface area contributed by atoms with E-state index in [2.05, 4.69) is 59.5 Å². The molecular weight excluding hydrogens is 513 g/mol. The van der Waals surface area contributed by atoms with Crippen LogP contribution in [0.3, 0.4) is 0 Å². The first-order chi connectivity index (χ1) is 18.4. The Balaban J connectivity index is 0.00000308. The molecule has 1 fully saturated rings. The molecule has 0 N–H and O–H groups in total. The molecule has 0 unspecified atom stereocenters. The van der Waals surface area contributed by atoms with Gasteiger partial charge in [0.15, 0.2) is 5.82 Å². The second kappa shape index (κ2) is 11.0. The molecule has 2 aromatic heterocycles. The smallest absolute Gasteiger partial charge is 0.272 e. The van der Waals surface area contributed by atoms with E-state index in [1.165, 1.54) is 17.2 Å². The van der Waals surface area contributed by atoms with Gasteiger partial charge >= 0.3 is 0 Å². The maximum atomic E-state index is 14.1. The molecule has 4 aromatic rings. The van der Waals surface area contributed by atoms with Gasteiger partial charge in [-0.2, -0.15) is 0 Å². The molecule has 6 nitrogen and oxygen atoms in total. The van der Waals surface area contributed by atoms with Crippen LogP contribution >= 0.6 is 12.4 Å². The van der Waals surface area contributed by atoms with Crippen molar-refractivity contribution in [2.24, 2.45) is 0 Å². The summed E-state index contributed by atoms with van der Waals surface area (Å²) in [4.78, 5) is 25.3. The van der Waals surface area contributed by atoms with E-state index in [1.54, 1.807) is 12.1 Å². The number of amides is 1. The third-order valence-electron chi connectivity index (χ3n) is 8.27. The highest BCUT2D eigenvalue weighted by Gasteiger charge is 2.28. The van der Waals surface area contributed by atoms with Gasteiger partial charge in [-0.15, -0.1) is 12.4 Å². The highest BCUT2D eigenvalue weighted by molar-refractivity contribution is 6.01. The summed E-state index contributed by atoms with van der Waals surface area (Å²) in [5.74, 6) is 0.593. The van der Waals surface area contributed by atoms with Crippen LogP contribution in [0.25, 0.3) is 10.9 Å². The molecule has 4 heterocycles. The van der Waals surface area contributed by atoms with Gasteiger partial charge in [0.1, 0.15) is 11.5 Å². The first-order valence-electron chi connectivity index (χ1n) is 13.4. The van der Waals surface area contributed by atoms with Crippen molar-refractivity contribution in [3.05, 3.63) is 94.1 Å². The van der Waals surface area contributed by atoms with Gasteiger partial charge in [0.05, 0.1) is 5.52 Å².